The molecule has 19 heavy (non-hydrogen) atoms. The van der Waals surface area contributed by atoms with E-state index in [-0.39, 0.29) is 0 Å². The molecule has 0 aromatic carbocycles. The third kappa shape index (κ3) is 3.81. The lowest BCUT2D eigenvalue weighted by atomic mass is 9.94. The third-order valence-corrected chi connectivity index (χ3v) is 7.71. The normalized spacial score (nSPS) is 42.4. The molecule has 0 radical (unpaired) electrons. The smallest absolute Gasteiger partial charge is 0.137 e. The van der Waals surface area contributed by atoms with Crippen molar-refractivity contribution in [1.82, 2.24) is 0 Å². The van der Waals surface area contributed by atoms with Gasteiger partial charge in [0.15, 0.2) is 0 Å². The molecule has 108 valence electrons. The van der Waals surface area contributed by atoms with Crippen molar-refractivity contribution in [3.8, 4) is 0 Å². The fraction of sp³-hybridized carbons (Fsp3) is 0.941. The molecule has 0 amide bonds. The van der Waals surface area contributed by atoms with Crippen LogP contribution < -0.4 is 0 Å². The number of hydrogen-bond acceptors (Lipinski definition) is 1. The van der Waals surface area contributed by atoms with Crippen LogP contribution in [0.3, 0.4) is 0 Å². The van der Waals surface area contributed by atoms with Crippen LogP contribution in [0.1, 0.15) is 70.6 Å². The van der Waals surface area contributed by atoms with Gasteiger partial charge in [0.1, 0.15) is 5.78 Å². The van der Waals surface area contributed by atoms with E-state index < -0.39 is 0 Å². The quantitative estimate of drug-likeness (QED) is 0.583. The van der Waals surface area contributed by atoms with Gasteiger partial charge in [-0.05, 0) is 55.5 Å². The summed E-state index contributed by atoms with van der Waals surface area (Å²) < 4.78 is 0. The number of fused-ring (bicyclic) bond motifs is 3. The standard InChI is InChI=1S/C17H29OP/c18-16-11-14-9-8-13(10-14)4-1-2-5-15-6-3-7-17(15)19-12-16/h13-15,17,19H,1-12H2. The van der Waals surface area contributed by atoms with E-state index >= 15 is 0 Å². The highest BCUT2D eigenvalue weighted by molar-refractivity contribution is 7.40. The Balaban J connectivity index is 1.59. The van der Waals surface area contributed by atoms with Gasteiger partial charge in [0.25, 0.3) is 0 Å². The molecular weight excluding hydrogens is 251 g/mol. The van der Waals surface area contributed by atoms with E-state index in [4.69, 9.17) is 0 Å². The largest absolute Gasteiger partial charge is 0.299 e. The number of Topliss-reactive ketones (excluding diaryl/α,β-unsaturated/α-hetero) is 1. The summed E-state index contributed by atoms with van der Waals surface area (Å²) in [7, 11) is 0.945. The predicted octanol–water partition coefficient (Wildman–Crippen LogP) is 4.78. The summed E-state index contributed by atoms with van der Waals surface area (Å²) in [5.41, 5.74) is 0.918. The van der Waals surface area contributed by atoms with Crippen molar-refractivity contribution >= 4 is 14.4 Å². The highest BCUT2D eigenvalue weighted by Gasteiger charge is 2.30. The van der Waals surface area contributed by atoms with Crippen LogP contribution in [0.15, 0.2) is 0 Å². The number of rotatable bonds is 0. The first-order chi connectivity index (χ1) is 9.31. The summed E-state index contributed by atoms with van der Waals surface area (Å²) in [6.07, 6.45) is 16.1. The monoisotopic (exact) mass is 280 g/mol. The summed E-state index contributed by atoms with van der Waals surface area (Å²) in [4.78, 5) is 12.2. The van der Waals surface area contributed by atoms with Crippen molar-refractivity contribution in [2.45, 2.75) is 76.3 Å². The molecule has 1 aliphatic heterocycles. The molecule has 5 unspecified atom stereocenters. The lowest BCUT2D eigenvalue weighted by molar-refractivity contribution is -0.117. The lowest BCUT2D eigenvalue weighted by Crippen LogP contribution is -2.13. The van der Waals surface area contributed by atoms with Crippen LogP contribution in [0.2, 0.25) is 0 Å². The van der Waals surface area contributed by atoms with Crippen LogP contribution in [-0.2, 0) is 4.79 Å². The molecule has 3 fully saturated rings. The van der Waals surface area contributed by atoms with Crippen molar-refractivity contribution in [3.63, 3.8) is 0 Å². The number of carbonyl (C=O) groups excluding carboxylic acids is 1. The molecule has 1 heterocycles. The van der Waals surface area contributed by atoms with Crippen molar-refractivity contribution < 1.29 is 4.79 Å². The minimum absolute atomic E-state index is 0.592. The van der Waals surface area contributed by atoms with Gasteiger partial charge in [0.05, 0.1) is 0 Å². The molecule has 2 aliphatic carbocycles. The molecule has 1 saturated heterocycles. The topological polar surface area (TPSA) is 17.1 Å². The molecular formula is C17H29OP. The number of ketones is 1. The second kappa shape index (κ2) is 6.70. The zero-order valence-corrected chi connectivity index (χ0v) is 13.2. The molecule has 0 spiro atoms. The molecule has 0 aromatic heterocycles. The molecule has 1 nitrogen and oxygen atoms in total. The van der Waals surface area contributed by atoms with Gasteiger partial charge in [-0.1, -0.05) is 32.1 Å². The van der Waals surface area contributed by atoms with Crippen LogP contribution in [-0.4, -0.2) is 17.6 Å². The van der Waals surface area contributed by atoms with Crippen LogP contribution in [0.5, 0.6) is 0 Å². The van der Waals surface area contributed by atoms with Gasteiger partial charge >= 0.3 is 0 Å². The Kier molecular flexibility index (Phi) is 4.96. The summed E-state index contributed by atoms with van der Waals surface area (Å²) in [6, 6.07) is 0. The average molecular weight is 280 g/mol. The van der Waals surface area contributed by atoms with Crippen molar-refractivity contribution in [2.24, 2.45) is 17.8 Å². The molecule has 2 heteroatoms. The first-order valence-electron chi connectivity index (χ1n) is 8.56. The van der Waals surface area contributed by atoms with Crippen LogP contribution in [0.4, 0.5) is 0 Å². The Hall–Kier alpha value is 0.100. The van der Waals surface area contributed by atoms with E-state index in [1.807, 2.05) is 0 Å². The van der Waals surface area contributed by atoms with Gasteiger partial charge in [-0.2, -0.15) is 0 Å². The zero-order valence-electron chi connectivity index (χ0n) is 12.2. The van der Waals surface area contributed by atoms with E-state index in [2.05, 4.69) is 0 Å². The van der Waals surface area contributed by atoms with Gasteiger partial charge in [0, 0.05) is 12.6 Å². The molecule has 0 aromatic rings. The van der Waals surface area contributed by atoms with Crippen molar-refractivity contribution in [3.05, 3.63) is 0 Å². The second-order valence-corrected chi connectivity index (χ2v) is 8.75. The molecule has 0 N–H and O–H groups in total. The van der Waals surface area contributed by atoms with E-state index in [1.54, 1.807) is 0 Å². The maximum Gasteiger partial charge on any atom is 0.137 e. The summed E-state index contributed by atoms with van der Waals surface area (Å²) in [6.45, 7) is 0. The maximum absolute atomic E-state index is 12.2. The summed E-state index contributed by atoms with van der Waals surface area (Å²) in [5, 5.41) is 0. The molecule has 5 atom stereocenters. The lowest BCUT2D eigenvalue weighted by Gasteiger charge is -2.19. The van der Waals surface area contributed by atoms with E-state index in [0.717, 1.165) is 44.6 Å². The van der Waals surface area contributed by atoms with Crippen LogP contribution in [0.25, 0.3) is 0 Å². The zero-order chi connectivity index (χ0) is 13.1. The van der Waals surface area contributed by atoms with E-state index in [9.17, 15) is 4.79 Å². The summed E-state index contributed by atoms with van der Waals surface area (Å²) in [5.74, 6) is 3.28. The Labute approximate surface area is 120 Å². The Bertz CT molecular complexity index is 314. The fourth-order valence-corrected chi connectivity index (χ4v) is 6.46. The summed E-state index contributed by atoms with van der Waals surface area (Å²) >= 11 is 0. The Morgan fingerprint density at radius 3 is 2.58 bits per heavy atom. The van der Waals surface area contributed by atoms with E-state index in [0.29, 0.717) is 5.78 Å². The van der Waals surface area contributed by atoms with E-state index in [1.165, 1.54) is 64.2 Å². The molecule has 3 aliphatic rings. The van der Waals surface area contributed by atoms with Gasteiger partial charge in [-0.3, -0.25) is 4.79 Å². The Morgan fingerprint density at radius 1 is 0.842 bits per heavy atom. The first kappa shape index (κ1) is 14.1. The molecule has 3 rings (SSSR count). The first-order valence-corrected chi connectivity index (χ1v) is 9.85. The number of hydrogen-bond donors (Lipinski definition) is 0. The van der Waals surface area contributed by atoms with Gasteiger partial charge < -0.3 is 0 Å². The van der Waals surface area contributed by atoms with Crippen molar-refractivity contribution in [1.29, 1.82) is 0 Å². The van der Waals surface area contributed by atoms with Gasteiger partial charge in [-0.15, -0.1) is 8.58 Å². The fourth-order valence-electron chi connectivity index (χ4n) is 4.76. The van der Waals surface area contributed by atoms with Crippen LogP contribution in [0, 0.1) is 17.8 Å². The average Bonchev–Trinajstić information content (AvgIpc) is 3.01. The maximum atomic E-state index is 12.2. The SMILES string of the molecule is O=C1CPC2CCCC2CCCCC2CCC(C1)C2. The minimum atomic E-state index is 0.592. The minimum Gasteiger partial charge on any atom is -0.299 e. The highest BCUT2D eigenvalue weighted by Crippen LogP contribution is 2.43. The second-order valence-electron chi connectivity index (χ2n) is 7.25. The molecule has 2 saturated carbocycles. The van der Waals surface area contributed by atoms with Crippen LogP contribution >= 0.6 is 8.58 Å². The predicted molar refractivity (Wildman–Crippen MR) is 83.2 cm³/mol. The Morgan fingerprint density at radius 2 is 1.63 bits per heavy atom. The van der Waals surface area contributed by atoms with Gasteiger partial charge in [0.2, 0.25) is 0 Å². The van der Waals surface area contributed by atoms with Crippen molar-refractivity contribution in [2.75, 3.05) is 6.16 Å². The molecule has 2 bridgehead atoms. The van der Waals surface area contributed by atoms with Gasteiger partial charge in [-0.25, -0.2) is 0 Å². The number of carbonyl (C=O) groups is 1. The highest BCUT2D eigenvalue weighted by atomic mass is 31.1. The third-order valence-electron chi connectivity index (χ3n) is 5.82.